The number of hydrogen-bond donors (Lipinski definition) is 1. The second-order valence-electron chi connectivity index (χ2n) is 7.72. The van der Waals surface area contributed by atoms with E-state index in [0.29, 0.717) is 12.3 Å². The number of hydrogen-bond acceptors (Lipinski definition) is 4. The van der Waals surface area contributed by atoms with E-state index in [1.165, 1.54) is 11.1 Å². The standard InChI is InChI=1S/C26H25N3O2/c1-18-13-14-20(15-19(18)2)16-25-28-29-26(31-25)27-24(30)17-23(21-9-5-3-6-10-21)22-11-7-4-8-12-22/h3-15,23H,16-17H2,1-2H3,(H,27,29,30). The predicted molar refractivity (Wildman–Crippen MR) is 121 cm³/mol. The third kappa shape index (κ3) is 5.25. The van der Waals surface area contributed by atoms with E-state index in [1.807, 2.05) is 60.7 Å². The molecule has 0 fully saturated rings. The number of nitrogens with one attached hydrogen (secondary N) is 1. The van der Waals surface area contributed by atoms with Gasteiger partial charge in [-0.15, -0.1) is 5.10 Å². The topological polar surface area (TPSA) is 68.0 Å². The fraction of sp³-hybridized carbons (Fsp3) is 0.192. The molecule has 0 saturated heterocycles. The van der Waals surface area contributed by atoms with E-state index >= 15 is 0 Å². The molecule has 3 aromatic carbocycles. The van der Waals surface area contributed by atoms with Crippen LogP contribution in [0.4, 0.5) is 6.01 Å². The summed E-state index contributed by atoms with van der Waals surface area (Å²) in [5.41, 5.74) is 5.74. The molecule has 5 heteroatoms. The van der Waals surface area contributed by atoms with E-state index in [-0.39, 0.29) is 24.3 Å². The van der Waals surface area contributed by atoms with Crippen molar-refractivity contribution >= 4 is 11.9 Å². The summed E-state index contributed by atoms with van der Waals surface area (Å²) < 4.78 is 5.67. The summed E-state index contributed by atoms with van der Waals surface area (Å²) in [5.74, 6) is 0.251. The lowest BCUT2D eigenvalue weighted by molar-refractivity contribution is -0.116. The summed E-state index contributed by atoms with van der Waals surface area (Å²) in [6, 6.07) is 26.4. The highest BCUT2D eigenvalue weighted by molar-refractivity contribution is 5.89. The Balaban J connectivity index is 1.44. The molecule has 1 N–H and O–H groups in total. The molecule has 1 amide bonds. The average Bonchev–Trinajstić information content (AvgIpc) is 3.22. The van der Waals surface area contributed by atoms with Crippen LogP contribution < -0.4 is 5.32 Å². The van der Waals surface area contributed by atoms with Gasteiger partial charge in [0, 0.05) is 12.3 Å². The van der Waals surface area contributed by atoms with Gasteiger partial charge in [-0.05, 0) is 41.7 Å². The highest BCUT2D eigenvalue weighted by Crippen LogP contribution is 2.28. The molecule has 31 heavy (non-hydrogen) atoms. The van der Waals surface area contributed by atoms with Gasteiger partial charge in [0.15, 0.2) is 0 Å². The fourth-order valence-corrected chi connectivity index (χ4v) is 3.62. The van der Waals surface area contributed by atoms with Gasteiger partial charge in [0.2, 0.25) is 11.8 Å². The molecule has 0 unspecified atom stereocenters. The van der Waals surface area contributed by atoms with Crippen molar-refractivity contribution in [2.24, 2.45) is 0 Å². The molecule has 0 atom stereocenters. The molecule has 1 aromatic heterocycles. The molecule has 4 rings (SSSR count). The molecule has 0 aliphatic carbocycles. The summed E-state index contributed by atoms with van der Waals surface area (Å²) in [7, 11) is 0. The SMILES string of the molecule is Cc1ccc(Cc2nnc(NC(=O)CC(c3ccccc3)c3ccccc3)o2)cc1C. The molecule has 0 bridgehead atoms. The van der Waals surface area contributed by atoms with Gasteiger partial charge in [-0.1, -0.05) is 84.0 Å². The van der Waals surface area contributed by atoms with Crippen LogP contribution in [0, 0.1) is 13.8 Å². The molecule has 0 aliphatic rings. The number of benzene rings is 3. The van der Waals surface area contributed by atoms with Crippen LogP contribution in [0.3, 0.4) is 0 Å². The van der Waals surface area contributed by atoms with Gasteiger partial charge in [-0.2, -0.15) is 0 Å². The van der Waals surface area contributed by atoms with Crippen molar-refractivity contribution in [3.05, 3.63) is 113 Å². The Morgan fingerprint density at radius 1 is 0.871 bits per heavy atom. The molecule has 0 aliphatic heterocycles. The van der Waals surface area contributed by atoms with Gasteiger partial charge >= 0.3 is 6.01 Å². The number of aryl methyl sites for hydroxylation is 2. The van der Waals surface area contributed by atoms with Crippen molar-refractivity contribution in [1.29, 1.82) is 0 Å². The first kappa shape index (κ1) is 20.5. The van der Waals surface area contributed by atoms with Crippen LogP contribution in [0.15, 0.2) is 83.3 Å². The predicted octanol–water partition coefficient (Wildman–Crippen LogP) is 5.44. The summed E-state index contributed by atoms with van der Waals surface area (Å²) in [6.45, 7) is 4.16. The van der Waals surface area contributed by atoms with E-state index in [0.717, 1.165) is 16.7 Å². The lowest BCUT2D eigenvalue weighted by atomic mass is 9.88. The minimum atomic E-state index is -0.168. The second-order valence-corrected chi connectivity index (χ2v) is 7.72. The maximum Gasteiger partial charge on any atom is 0.322 e. The molecule has 0 radical (unpaired) electrons. The zero-order valence-electron chi connectivity index (χ0n) is 17.7. The third-order valence-electron chi connectivity index (χ3n) is 5.43. The lowest BCUT2D eigenvalue weighted by Crippen LogP contribution is -2.16. The summed E-state index contributed by atoms with van der Waals surface area (Å²) in [6.07, 6.45) is 0.809. The van der Waals surface area contributed by atoms with Crippen molar-refractivity contribution < 1.29 is 9.21 Å². The number of carbonyl (C=O) groups is 1. The average molecular weight is 412 g/mol. The minimum absolute atomic E-state index is 0.0553. The Bertz CT molecular complexity index is 1110. The first-order valence-corrected chi connectivity index (χ1v) is 10.4. The smallest absolute Gasteiger partial charge is 0.322 e. The highest BCUT2D eigenvalue weighted by Gasteiger charge is 2.19. The largest absolute Gasteiger partial charge is 0.407 e. The number of aromatic nitrogens is 2. The number of rotatable bonds is 7. The maximum atomic E-state index is 12.8. The zero-order valence-corrected chi connectivity index (χ0v) is 17.7. The van der Waals surface area contributed by atoms with Crippen molar-refractivity contribution in [2.45, 2.75) is 32.6 Å². The van der Waals surface area contributed by atoms with Gasteiger partial charge in [-0.25, -0.2) is 0 Å². The van der Waals surface area contributed by atoms with Gasteiger partial charge < -0.3 is 4.42 Å². The van der Waals surface area contributed by atoms with E-state index in [4.69, 9.17) is 4.42 Å². The zero-order chi connectivity index (χ0) is 21.6. The molecule has 5 nitrogen and oxygen atoms in total. The molecule has 1 heterocycles. The van der Waals surface area contributed by atoms with Gasteiger partial charge in [0.1, 0.15) is 0 Å². The van der Waals surface area contributed by atoms with Crippen LogP contribution in [0.25, 0.3) is 0 Å². The van der Waals surface area contributed by atoms with Crippen molar-refractivity contribution in [3.8, 4) is 0 Å². The molecular weight excluding hydrogens is 386 g/mol. The maximum absolute atomic E-state index is 12.8. The van der Waals surface area contributed by atoms with Gasteiger partial charge in [-0.3, -0.25) is 10.1 Å². The van der Waals surface area contributed by atoms with E-state index in [2.05, 4.69) is 47.6 Å². The second kappa shape index (κ2) is 9.39. The number of anilines is 1. The Kier molecular flexibility index (Phi) is 6.22. The first-order chi connectivity index (χ1) is 15.1. The number of nitrogens with zero attached hydrogens (tertiary/aromatic N) is 2. The number of carbonyl (C=O) groups excluding carboxylic acids is 1. The van der Waals surface area contributed by atoms with Crippen LogP contribution in [-0.4, -0.2) is 16.1 Å². The number of amides is 1. The monoisotopic (exact) mass is 411 g/mol. The highest BCUT2D eigenvalue weighted by atomic mass is 16.4. The summed E-state index contributed by atoms with van der Waals surface area (Å²) in [5, 5.41) is 10.8. The molecule has 156 valence electrons. The van der Waals surface area contributed by atoms with Crippen molar-refractivity contribution in [2.75, 3.05) is 5.32 Å². The molecule has 0 saturated carbocycles. The van der Waals surface area contributed by atoms with Crippen molar-refractivity contribution in [3.63, 3.8) is 0 Å². The quantitative estimate of drug-likeness (QED) is 0.440. The lowest BCUT2D eigenvalue weighted by Gasteiger charge is -2.17. The minimum Gasteiger partial charge on any atom is -0.407 e. The van der Waals surface area contributed by atoms with Gasteiger partial charge in [0.05, 0.1) is 6.42 Å². The van der Waals surface area contributed by atoms with Crippen LogP contribution in [0.5, 0.6) is 0 Å². The normalized spacial score (nSPS) is 10.9. The van der Waals surface area contributed by atoms with E-state index < -0.39 is 0 Å². The van der Waals surface area contributed by atoms with E-state index in [9.17, 15) is 4.79 Å². The summed E-state index contributed by atoms with van der Waals surface area (Å²) >= 11 is 0. The molecule has 4 aromatic rings. The Morgan fingerprint density at radius 2 is 1.52 bits per heavy atom. The first-order valence-electron chi connectivity index (χ1n) is 10.4. The van der Waals surface area contributed by atoms with Crippen LogP contribution in [-0.2, 0) is 11.2 Å². The van der Waals surface area contributed by atoms with Crippen molar-refractivity contribution in [1.82, 2.24) is 10.2 Å². The van der Waals surface area contributed by atoms with Crippen LogP contribution in [0.1, 0.15) is 46.0 Å². The Morgan fingerprint density at radius 3 is 2.13 bits per heavy atom. The van der Waals surface area contributed by atoms with Gasteiger partial charge in [0.25, 0.3) is 0 Å². The summed E-state index contributed by atoms with van der Waals surface area (Å²) in [4.78, 5) is 12.8. The molecular formula is C26H25N3O2. The van der Waals surface area contributed by atoms with Crippen LogP contribution >= 0.6 is 0 Å². The fourth-order valence-electron chi connectivity index (χ4n) is 3.62. The molecule has 0 spiro atoms. The third-order valence-corrected chi connectivity index (χ3v) is 5.43. The Hall–Kier alpha value is -3.73. The van der Waals surface area contributed by atoms with E-state index in [1.54, 1.807) is 0 Å². The Labute approximate surface area is 182 Å². The van der Waals surface area contributed by atoms with Crippen LogP contribution in [0.2, 0.25) is 0 Å².